The Bertz CT molecular complexity index is 665. The van der Waals surface area contributed by atoms with Crippen LogP contribution in [-0.2, 0) is 11.2 Å². The predicted octanol–water partition coefficient (Wildman–Crippen LogP) is 2.68. The number of rotatable bonds is 2. The van der Waals surface area contributed by atoms with Crippen molar-refractivity contribution in [1.82, 2.24) is 14.9 Å². The van der Waals surface area contributed by atoms with Crippen molar-refractivity contribution in [3.05, 3.63) is 53.4 Å². The normalized spacial score (nSPS) is 17.9. The second-order valence-electron chi connectivity index (χ2n) is 5.66. The van der Waals surface area contributed by atoms with Crippen LogP contribution in [0.2, 0.25) is 0 Å². The lowest BCUT2D eigenvalue weighted by Gasteiger charge is -2.36. The molecule has 0 fully saturated rings. The summed E-state index contributed by atoms with van der Waals surface area (Å²) in [4.78, 5) is 21.8. The van der Waals surface area contributed by atoms with Gasteiger partial charge >= 0.3 is 0 Å². The summed E-state index contributed by atoms with van der Waals surface area (Å²) in [6.07, 6.45) is 2.39. The van der Waals surface area contributed by atoms with E-state index in [0.29, 0.717) is 6.54 Å². The lowest BCUT2D eigenvalue weighted by atomic mass is 9.94. The molecule has 5 heteroatoms. The van der Waals surface area contributed by atoms with Crippen LogP contribution in [0, 0.1) is 11.7 Å². The predicted molar refractivity (Wildman–Crippen MR) is 77.1 cm³/mol. The third kappa shape index (κ3) is 2.44. The van der Waals surface area contributed by atoms with Gasteiger partial charge in [-0.25, -0.2) is 9.37 Å². The zero-order valence-corrected chi connectivity index (χ0v) is 12.1. The van der Waals surface area contributed by atoms with Gasteiger partial charge in [-0.2, -0.15) is 0 Å². The molecule has 1 unspecified atom stereocenters. The molecule has 0 saturated carbocycles. The topological polar surface area (TPSA) is 49.0 Å². The summed E-state index contributed by atoms with van der Waals surface area (Å²) in [6, 6.07) is 6.09. The minimum absolute atomic E-state index is 0.0675. The molecule has 4 nitrogen and oxygen atoms in total. The Morgan fingerprint density at radius 2 is 2.29 bits per heavy atom. The van der Waals surface area contributed by atoms with Crippen molar-refractivity contribution in [2.75, 3.05) is 6.54 Å². The van der Waals surface area contributed by atoms with Crippen LogP contribution in [0.5, 0.6) is 0 Å². The maximum absolute atomic E-state index is 13.6. The van der Waals surface area contributed by atoms with Gasteiger partial charge in [-0.05, 0) is 17.7 Å². The first kappa shape index (κ1) is 13.8. The molecule has 3 rings (SSSR count). The zero-order chi connectivity index (χ0) is 15.0. The molecule has 0 radical (unpaired) electrons. The highest BCUT2D eigenvalue weighted by Gasteiger charge is 2.34. The molecule has 21 heavy (non-hydrogen) atoms. The Balaban J connectivity index is 2.08. The van der Waals surface area contributed by atoms with Gasteiger partial charge in [0.2, 0.25) is 5.91 Å². The van der Waals surface area contributed by atoms with Crippen LogP contribution < -0.4 is 0 Å². The highest BCUT2D eigenvalue weighted by atomic mass is 19.1. The van der Waals surface area contributed by atoms with Crippen molar-refractivity contribution in [1.29, 1.82) is 0 Å². The van der Waals surface area contributed by atoms with Crippen molar-refractivity contribution in [3.63, 3.8) is 0 Å². The molecule has 1 aromatic carbocycles. The molecule has 0 saturated heterocycles. The van der Waals surface area contributed by atoms with Crippen molar-refractivity contribution in [2.45, 2.75) is 26.3 Å². The van der Waals surface area contributed by atoms with E-state index in [1.165, 1.54) is 12.1 Å². The number of H-pyrrole nitrogens is 1. The van der Waals surface area contributed by atoms with Crippen molar-refractivity contribution in [2.24, 2.45) is 5.92 Å². The average Bonchev–Trinajstić information content (AvgIpc) is 2.93. The van der Waals surface area contributed by atoms with Crippen LogP contribution in [0.4, 0.5) is 4.39 Å². The molecule has 1 aromatic heterocycles. The number of carbonyl (C=O) groups excluding carboxylic acids is 1. The first-order valence-electron chi connectivity index (χ1n) is 7.16. The highest BCUT2D eigenvalue weighted by Crippen LogP contribution is 2.34. The first-order valence-corrected chi connectivity index (χ1v) is 7.16. The van der Waals surface area contributed by atoms with Gasteiger partial charge in [-0.1, -0.05) is 26.0 Å². The standard InChI is InChI=1S/C16H18FN3O/c1-10(2)16(21)20-7-6-13-14(19-9-18-13)15(20)11-4-3-5-12(17)8-11/h3-5,8-10,15H,6-7H2,1-2H3,(H,18,19). The lowest BCUT2D eigenvalue weighted by Crippen LogP contribution is -2.42. The summed E-state index contributed by atoms with van der Waals surface area (Å²) >= 11 is 0. The molecular formula is C16H18FN3O. The summed E-state index contributed by atoms with van der Waals surface area (Å²) in [7, 11) is 0. The molecule has 0 bridgehead atoms. The maximum atomic E-state index is 13.6. The fourth-order valence-electron chi connectivity index (χ4n) is 2.86. The van der Waals surface area contributed by atoms with Gasteiger partial charge < -0.3 is 9.88 Å². The molecule has 1 atom stereocenters. The number of benzene rings is 1. The minimum atomic E-state index is -0.314. The first-order chi connectivity index (χ1) is 10.1. The second-order valence-corrected chi connectivity index (χ2v) is 5.66. The Kier molecular flexibility index (Phi) is 3.49. The number of imidazole rings is 1. The number of carbonyl (C=O) groups is 1. The second kappa shape index (κ2) is 5.31. The monoisotopic (exact) mass is 287 g/mol. The summed E-state index contributed by atoms with van der Waals surface area (Å²) in [5.41, 5.74) is 2.61. The summed E-state index contributed by atoms with van der Waals surface area (Å²) < 4.78 is 13.6. The average molecular weight is 287 g/mol. The molecular weight excluding hydrogens is 269 g/mol. The largest absolute Gasteiger partial charge is 0.348 e. The molecule has 1 amide bonds. The molecule has 0 aliphatic carbocycles. The van der Waals surface area contributed by atoms with E-state index in [-0.39, 0.29) is 23.7 Å². The van der Waals surface area contributed by atoms with Crippen molar-refractivity contribution < 1.29 is 9.18 Å². The number of fused-ring (bicyclic) bond motifs is 1. The summed E-state index contributed by atoms with van der Waals surface area (Å²) in [6.45, 7) is 4.38. The van der Waals surface area contributed by atoms with Crippen LogP contribution in [-0.4, -0.2) is 27.3 Å². The van der Waals surface area contributed by atoms with Crippen LogP contribution in [0.1, 0.15) is 36.8 Å². The fourth-order valence-corrected chi connectivity index (χ4v) is 2.86. The van der Waals surface area contributed by atoms with E-state index in [4.69, 9.17) is 0 Å². The van der Waals surface area contributed by atoms with E-state index in [1.807, 2.05) is 24.8 Å². The number of hydrogen-bond acceptors (Lipinski definition) is 2. The van der Waals surface area contributed by atoms with E-state index in [2.05, 4.69) is 9.97 Å². The van der Waals surface area contributed by atoms with Gasteiger partial charge in [0.25, 0.3) is 0 Å². The van der Waals surface area contributed by atoms with Crippen LogP contribution >= 0.6 is 0 Å². The van der Waals surface area contributed by atoms with Crippen molar-refractivity contribution in [3.8, 4) is 0 Å². The molecule has 2 heterocycles. The van der Waals surface area contributed by atoms with E-state index >= 15 is 0 Å². The molecule has 110 valence electrons. The number of aromatic amines is 1. The lowest BCUT2D eigenvalue weighted by molar-refractivity contribution is -0.136. The van der Waals surface area contributed by atoms with Gasteiger partial charge in [0, 0.05) is 24.6 Å². The highest BCUT2D eigenvalue weighted by molar-refractivity contribution is 5.79. The van der Waals surface area contributed by atoms with E-state index in [1.54, 1.807) is 12.4 Å². The quantitative estimate of drug-likeness (QED) is 0.923. The fraction of sp³-hybridized carbons (Fsp3) is 0.375. The number of halogens is 1. The van der Waals surface area contributed by atoms with Crippen LogP contribution in [0.3, 0.4) is 0 Å². The van der Waals surface area contributed by atoms with E-state index in [0.717, 1.165) is 23.4 Å². The summed E-state index contributed by atoms with van der Waals surface area (Å²) in [5, 5.41) is 0. The number of hydrogen-bond donors (Lipinski definition) is 1. The molecule has 1 aliphatic rings. The Morgan fingerprint density at radius 3 is 3.00 bits per heavy atom. The Labute approximate surface area is 123 Å². The number of aromatic nitrogens is 2. The van der Waals surface area contributed by atoms with E-state index < -0.39 is 0 Å². The SMILES string of the molecule is CC(C)C(=O)N1CCc2[nH]cnc2C1c1cccc(F)c1. The van der Waals surface area contributed by atoms with E-state index in [9.17, 15) is 9.18 Å². The third-order valence-corrected chi connectivity index (χ3v) is 3.87. The molecule has 0 spiro atoms. The minimum Gasteiger partial charge on any atom is -0.348 e. The Morgan fingerprint density at radius 1 is 1.48 bits per heavy atom. The van der Waals surface area contributed by atoms with Gasteiger partial charge in [-0.3, -0.25) is 4.79 Å². The van der Waals surface area contributed by atoms with Crippen LogP contribution in [0.15, 0.2) is 30.6 Å². The number of nitrogens with one attached hydrogen (secondary N) is 1. The smallest absolute Gasteiger partial charge is 0.225 e. The van der Waals surface area contributed by atoms with Crippen LogP contribution in [0.25, 0.3) is 0 Å². The zero-order valence-electron chi connectivity index (χ0n) is 12.1. The molecule has 1 aliphatic heterocycles. The van der Waals surface area contributed by atoms with Gasteiger partial charge in [0.15, 0.2) is 0 Å². The van der Waals surface area contributed by atoms with Gasteiger partial charge in [-0.15, -0.1) is 0 Å². The number of amides is 1. The van der Waals surface area contributed by atoms with Gasteiger partial charge in [0.1, 0.15) is 11.9 Å². The Hall–Kier alpha value is -2.17. The third-order valence-electron chi connectivity index (χ3n) is 3.87. The molecule has 1 N–H and O–H groups in total. The van der Waals surface area contributed by atoms with Crippen molar-refractivity contribution >= 4 is 5.91 Å². The summed E-state index contributed by atoms with van der Waals surface area (Å²) in [5.74, 6) is -0.327. The maximum Gasteiger partial charge on any atom is 0.225 e. The van der Waals surface area contributed by atoms with Gasteiger partial charge in [0.05, 0.1) is 12.0 Å². The molecule has 2 aromatic rings. The number of nitrogens with zero attached hydrogens (tertiary/aromatic N) is 2.